The fourth-order valence-electron chi connectivity index (χ4n) is 2.95. The predicted molar refractivity (Wildman–Crippen MR) is 113 cm³/mol. The molecule has 138 valence electrons. The number of ether oxygens (including phenoxy) is 1. The summed E-state index contributed by atoms with van der Waals surface area (Å²) >= 11 is 5.71. The zero-order valence-electron chi connectivity index (χ0n) is 15.9. The first-order chi connectivity index (χ1) is 12.6. The lowest BCUT2D eigenvalue weighted by Gasteiger charge is -2.26. The molecule has 0 radical (unpaired) electrons. The van der Waals surface area contributed by atoms with Crippen LogP contribution in [0.3, 0.4) is 0 Å². The van der Waals surface area contributed by atoms with E-state index in [1.807, 2.05) is 31.2 Å². The van der Waals surface area contributed by atoms with E-state index < -0.39 is 0 Å². The van der Waals surface area contributed by atoms with Gasteiger partial charge >= 0.3 is 0 Å². The number of benzene rings is 2. The Morgan fingerprint density at radius 2 is 1.77 bits per heavy atom. The number of nitrogens with one attached hydrogen (secondary N) is 1. The summed E-state index contributed by atoms with van der Waals surface area (Å²) in [5.74, 6) is 1.44. The van der Waals surface area contributed by atoms with Gasteiger partial charge in [-0.15, -0.1) is 0 Å². The van der Waals surface area contributed by atoms with Crippen molar-refractivity contribution < 1.29 is 4.74 Å². The zero-order chi connectivity index (χ0) is 18.5. The molecule has 0 heterocycles. The summed E-state index contributed by atoms with van der Waals surface area (Å²) in [6.07, 6.45) is 2.43. The first-order valence-electron chi connectivity index (χ1n) is 9.46. The molecule has 1 saturated carbocycles. The van der Waals surface area contributed by atoms with Crippen molar-refractivity contribution >= 4 is 23.0 Å². The first kappa shape index (κ1) is 18.7. The standard InChI is InChI=1S/C22H28N2OS/c1-4-25-21-13-9-19(10-14-21)23-22(26)24(20-11-12-20)15-17-5-7-18(8-6-17)16(2)3/h5-10,13-14,16,20H,4,11-12,15H2,1-3H3,(H,23,26). The molecule has 0 unspecified atom stereocenters. The molecule has 2 aromatic rings. The third-order valence-corrected chi connectivity index (χ3v) is 5.00. The lowest BCUT2D eigenvalue weighted by atomic mass is 10.0. The molecule has 0 aromatic heterocycles. The maximum Gasteiger partial charge on any atom is 0.173 e. The van der Waals surface area contributed by atoms with Crippen molar-refractivity contribution in [1.82, 2.24) is 4.90 Å². The number of thiocarbonyl (C=S) groups is 1. The van der Waals surface area contributed by atoms with Gasteiger partial charge in [0.25, 0.3) is 0 Å². The molecule has 1 fully saturated rings. The Bertz CT molecular complexity index is 721. The third-order valence-electron chi connectivity index (χ3n) is 4.66. The number of rotatable bonds is 7. The van der Waals surface area contributed by atoms with Gasteiger partial charge < -0.3 is 15.0 Å². The van der Waals surface area contributed by atoms with Crippen molar-refractivity contribution in [3.8, 4) is 5.75 Å². The Morgan fingerprint density at radius 1 is 1.12 bits per heavy atom. The van der Waals surface area contributed by atoms with Gasteiger partial charge in [0, 0.05) is 18.3 Å². The van der Waals surface area contributed by atoms with Gasteiger partial charge in [-0.05, 0) is 73.3 Å². The molecule has 1 N–H and O–H groups in total. The minimum Gasteiger partial charge on any atom is -0.494 e. The van der Waals surface area contributed by atoms with Gasteiger partial charge in [-0.2, -0.15) is 0 Å². The summed E-state index contributed by atoms with van der Waals surface area (Å²) in [6, 6.07) is 17.4. The number of hydrogen-bond donors (Lipinski definition) is 1. The van der Waals surface area contributed by atoms with Crippen LogP contribution in [0.15, 0.2) is 48.5 Å². The second kappa shape index (κ2) is 8.54. The van der Waals surface area contributed by atoms with E-state index in [9.17, 15) is 0 Å². The molecule has 4 heteroatoms. The fourth-order valence-corrected chi connectivity index (χ4v) is 3.29. The van der Waals surface area contributed by atoms with Crippen LogP contribution in [-0.2, 0) is 6.54 Å². The van der Waals surface area contributed by atoms with Crippen molar-refractivity contribution in [3.63, 3.8) is 0 Å². The highest BCUT2D eigenvalue weighted by Crippen LogP contribution is 2.29. The van der Waals surface area contributed by atoms with Crippen molar-refractivity contribution in [3.05, 3.63) is 59.7 Å². The Balaban J connectivity index is 1.64. The van der Waals surface area contributed by atoms with Crippen LogP contribution in [0, 0.1) is 0 Å². The van der Waals surface area contributed by atoms with Crippen LogP contribution in [0.5, 0.6) is 5.75 Å². The van der Waals surface area contributed by atoms with Gasteiger partial charge in [-0.3, -0.25) is 0 Å². The molecular formula is C22H28N2OS. The SMILES string of the molecule is CCOc1ccc(NC(=S)N(Cc2ccc(C(C)C)cc2)C2CC2)cc1. The van der Waals surface area contributed by atoms with E-state index in [4.69, 9.17) is 17.0 Å². The fraction of sp³-hybridized carbons (Fsp3) is 0.409. The molecule has 0 atom stereocenters. The maximum absolute atomic E-state index is 5.71. The molecule has 0 saturated heterocycles. The molecule has 1 aliphatic carbocycles. The average Bonchev–Trinajstić information content (AvgIpc) is 3.47. The van der Waals surface area contributed by atoms with Gasteiger partial charge in [0.15, 0.2) is 5.11 Å². The zero-order valence-corrected chi connectivity index (χ0v) is 16.7. The molecule has 1 aliphatic rings. The van der Waals surface area contributed by atoms with Crippen LogP contribution in [0.4, 0.5) is 5.69 Å². The highest BCUT2D eigenvalue weighted by molar-refractivity contribution is 7.80. The van der Waals surface area contributed by atoms with Gasteiger partial charge in [0.05, 0.1) is 6.61 Å². The largest absolute Gasteiger partial charge is 0.494 e. The van der Waals surface area contributed by atoms with E-state index >= 15 is 0 Å². The number of hydrogen-bond acceptors (Lipinski definition) is 2. The average molecular weight is 369 g/mol. The van der Waals surface area contributed by atoms with Crippen LogP contribution in [-0.4, -0.2) is 22.7 Å². The first-order valence-corrected chi connectivity index (χ1v) is 9.87. The molecule has 0 spiro atoms. The predicted octanol–water partition coefficient (Wildman–Crippen LogP) is 5.57. The van der Waals surface area contributed by atoms with Crippen molar-refractivity contribution in [2.24, 2.45) is 0 Å². The smallest absolute Gasteiger partial charge is 0.173 e. The Kier molecular flexibility index (Phi) is 6.15. The van der Waals surface area contributed by atoms with E-state index in [2.05, 4.69) is 48.3 Å². The molecule has 0 amide bonds. The summed E-state index contributed by atoms with van der Waals surface area (Å²) in [5, 5.41) is 4.18. The van der Waals surface area contributed by atoms with E-state index in [-0.39, 0.29) is 0 Å². The lowest BCUT2D eigenvalue weighted by Crippen LogP contribution is -2.36. The quantitative estimate of drug-likeness (QED) is 0.646. The van der Waals surface area contributed by atoms with Crippen molar-refractivity contribution in [2.45, 2.75) is 52.1 Å². The van der Waals surface area contributed by atoms with Gasteiger partial charge in [-0.1, -0.05) is 38.1 Å². The van der Waals surface area contributed by atoms with Crippen LogP contribution in [0.1, 0.15) is 50.7 Å². The highest BCUT2D eigenvalue weighted by atomic mass is 32.1. The van der Waals surface area contributed by atoms with Gasteiger partial charge in [0.1, 0.15) is 5.75 Å². The molecule has 2 aromatic carbocycles. The summed E-state index contributed by atoms with van der Waals surface area (Å²) < 4.78 is 5.50. The minimum absolute atomic E-state index is 0.558. The second-order valence-corrected chi connectivity index (χ2v) is 7.53. The monoisotopic (exact) mass is 368 g/mol. The number of anilines is 1. The molecular weight excluding hydrogens is 340 g/mol. The normalized spacial score (nSPS) is 13.5. The van der Waals surface area contributed by atoms with Crippen molar-refractivity contribution in [1.29, 1.82) is 0 Å². The highest BCUT2D eigenvalue weighted by Gasteiger charge is 2.30. The van der Waals surface area contributed by atoms with Crippen LogP contribution >= 0.6 is 12.2 Å². The molecule has 0 bridgehead atoms. The van der Waals surface area contributed by atoms with E-state index in [1.54, 1.807) is 0 Å². The maximum atomic E-state index is 5.71. The lowest BCUT2D eigenvalue weighted by molar-refractivity contribution is 0.340. The number of nitrogens with zero attached hydrogens (tertiary/aromatic N) is 1. The van der Waals surface area contributed by atoms with Crippen LogP contribution < -0.4 is 10.1 Å². The summed E-state index contributed by atoms with van der Waals surface area (Å²) in [7, 11) is 0. The van der Waals surface area contributed by atoms with Crippen molar-refractivity contribution in [2.75, 3.05) is 11.9 Å². The Labute approximate surface area is 162 Å². The van der Waals surface area contributed by atoms with Crippen LogP contribution in [0.25, 0.3) is 0 Å². The second-order valence-electron chi connectivity index (χ2n) is 7.14. The Morgan fingerprint density at radius 3 is 2.31 bits per heavy atom. The van der Waals surface area contributed by atoms with Gasteiger partial charge in [-0.25, -0.2) is 0 Å². The molecule has 3 nitrogen and oxygen atoms in total. The summed E-state index contributed by atoms with van der Waals surface area (Å²) in [5.41, 5.74) is 3.68. The van der Waals surface area contributed by atoms with E-state index in [0.717, 1.165) is 23.1 Å². The third kappa shape index (κ3) is 4.98. The minimum atomic E-state index is 0.558. The van der Waals surface area contributed by atoms with E-state index in [0.29, 0.717) is 18.6 Å². The molecule has 26 heavy (non-hydrogen) atoms. The van der Waals surface area contributed by atoms with E-state index in [1.165, 1.54) is 24.0 Å². The topological polar surface area (TPSA) is 24.5 Å². The Hall–Kier alpha value is -2.07. The summed E-state index contributed by atoms with van der Waals surface area (Å²) in [6.45, 7) is 7.97. The van der Waals surface area contributed by atoms with Crippen LogP contribution in [0.2, 0.25) is 0 Å². The molecule has 3 rings (SSSR count). The van der Waals surface area contributed by atoms with Gasteiger partial charge in [0.2, 0.25) is 0 Å². The summed E-state index contributed by atoms with van der Waals surface area (Å²) in [4.78, 5) is 2.32. The molecule has 0 aliphatic heterocycles.